The number of halogens is 3. The summed E-state index contributed by atoms with van der Waals surface area (Å²) in [6, 6.07) is 1.26. The fourth-order valence-corrected chi connectivity index (χ4v) is 1.28. The highest BCUT2D eigenvalue weighted by molar-refractivity contribution is 9.08. The van der Waals surface area contributed by atoms with Crippen LogP contribution in [-0.4, -0.2) is 10.9 Å². The van der Waals surface area contributed by atoms with E-state index < -0.39 is 17.9 Å². The second-order valence-corrected chi connectivity index (χ2v) is 3.12. The molecule has 1 amide bonds. The zero-order valence-corrected chi connectivity index (χ0v) is 8.59. The Labute approximate surface area is 87.4 Å². The van der Waals surface area contributed by atoms with Crippen LogP contribution in [-0.2, 0) is 5.33 Å². The number of carbonyl (C=O) groups excluding carboxylic acids is 1. The second-order valence-electron chi connectivity index (χ2n) is 2.56. The highest BCUT2D eigenvalue weighted by atomic mass is 79.9. The quantitative estimate of drug-likeness (QED) is 0.850. The number of pyridine rings is 1. The van der Waals surface area contributed by atoms with Crippen LogP contribution in [0.1, 0.15) is 28.0 Å². The lowest BCUT2D eigenvalue weighted by Gasteiger charge is -2.06. The number of nitrogens with zero attached hydrogens (tertiary/aromatic N) is 1. The van der Waals surface area contributed by atoms with Crippen LogP contribution in [0.2, 0.25) is 0 Å². The van der Waals surface area contributed by atoms with Gasteiger partial charge in [-0.3, -0.25) is 9.78 Å². The minimum atomic E-state index is -2.74. The average Bonchev–Trinajstić information content (AvgIpc) is 2.16. The summed E-state index contributed by atoms with van der Waals surface area (Å²) >= 11 is 3.10. The van der Waals surface area contributed by atoms with Crippen molar-refractivity contribution in [2.75, 3.05) is 0 Å². The van der Waals surface area contributed by atoms with Gasteiger partial charge in [0.2, 0.25) is 5.91 Å². The van der Waals surface area contributed by atoms with Crippen molar-refractivity contribution in [2.45, 2.75) is 11.8 Å². The first-order chi connectivity index (χ1) is 6.56. The Morgan fingerprint density at radius 1 is 1.64 bits per heavy atom. The molecule has 0 fully saturated rings. The fourth-order valence-electron chi connectivity index (χ4n) is 0.970. The van der Waals surface area contributed by atoms with Crippen molar-refractivity contribution in [3.8, 4) is 0 Å². The Bertz CT molecular complexity index is 357. The minimum Gasteiger partial charge on any atom is -0.366 e. The van der Waals surface area contributed by atoms with Crippen LogP contribution >= 0.6 is 15.9 Å². The lowest BCUT2D eigenvalue weighted by Crippen LogP contribution is -2.15. The van der Waals surface area contributed by atoms with Crippen molar-refractivity contribution in [1.29, 1.82) is 0 Å². The molecule has 0 aliphatic carbocycles. The molecule has 1 heterocycles. The van der Waals surface area contributed by atoms with Gasteiger partial charge in [0.15, 0.2) is 0 Å². The van der Waals surface area contributed by atoms with Crippen LogP contribution in [0.15, 0.2) is 12.3 Å². The molecular formula is C8H7BrF2N2O. The number of amides is 1. The summed E-state index contributed by atoms with van der Waals surface area (Å²) in [6.07, 6.45) is -1.77. The Balaban J connectivity index is 3.24. The second kappa shape index (κ2) is 4.45. The lowest BCUT2D eigenvalue weighted by molar-refractivity contribution is 0.0985. The first kappa shape index (κ1) is 11.0. The summed E-state index contributed by atoms with van der Waals surface area (Å²) in [6.45, 7) is 0. The number of primary amides is 1. The van der Waals surface area contributed by atoms with Gasteiger partial charge in [-0.25, -0.2) is 8.78 Å². The molecule has 0 aliphatic heterocycles. The van der Waals surface area contributed by atoms with E-state index in [-0.39, 0.29) is 5.56 Å². The highest BCUT2D eigenvalue weighted by Gasteiger charge is 2.17. The maximum absolute atomic E-state index is 12.4. The van der Waals surface area contributed by atoms with Crippen LogP contribution < -0.4 is 5.73 Å². The number of alkyl halides is 3. The fraction of sp³-hybridized carbons (Fsp3) is 0.250. The van der Waals surface area contributed by atoms with Crippen LogP contribution in [0.25, 0.3) is 0 Å². The third-order valence-corrected chi connectivity index (χ3v) is 2.20. The molecule has 0 saturated heterocycles. The third-order valence-electron chi connectivity index (χ3n) is 1.63. The van der Waals surface area contributed by atoms with Crippen LogP contribution in [0.3, 0.4) is 0 Å². The van der Waals surface area contributed by atoms with Gasteiger partial charge >= 0.3 is 0 Å². The van der Waals surface area contributed by atoms with E-state index >= 15 is 0 Å². The topological polar surface area (TPSA) is 56.0 Å². The Morgan fingerprint density at radius 2 is 2.29 bits per heavy atom. The van der Waals surface area contributed by atoms with E-state index in [9.17, 15) is 13.6 Å². The molecule has 0 bridgehead atoms. The molecule has 1 rings (SSSR count). The van der Waals surface area contributed by atoms with Gasteiger partial charge in [0.25, 0.3) is 6.43 Å². The molecule has 0 spiro atoms. The first-order valence-corrected chi connectivity index (χ1v) is 4.81. The molecule has 3 nitrogen and oxygen atoms in total. The highest BCUT2D eigenvalue weighted by Crippen LogP contribution is 2.22. The van der Waals surface area contributed by atoms with Crippen molar-refractivity contribution in [1.82, 2.24) is 4.98 Å². The molecule has 0 saturated carbocycles. The van der Waals surface area contributed by atoms with E-state index in [0.717, 1.165) is 6.20 Å². The Kier molecular flexibility index (Phi) is 3.51. The minimum absolute atomic E-state index is 0.176. The number of carbonyl (C=O) groups is 1. The summed E-state index contributed by atoms with van der Waals surface area (Å²) in [5, 5.41) is 0.386. The summed E-state index contributed by atoms with van der Waals surface area (Å²) in [5.74, 6) is -0.870. The lowest BCUT2D eigenvalue weighted by atomic mass is 10.1. The maximum Gasteiger partial charge on any atom is 0.266 e. The number of hydrogen-bond donors (Lipinski definition) is 1. The van der Waals surface area contributed by atoms with Crippen molar-refractivity contribution >= 4 is 21.8 Å². The Morgan fingerprint density at radius 3 is 2.71 bits per heavy atom. The summed E-state index contributed by atoms with van der Waals surface area (Å²) in [7, 11) is 0. The first-order valence-electron chi connectivity index (χ1n) is 3.69. The standard InChI is InChI=1S/C8H7BrF2N2O/c9-2-4-1-5(8(12)14)6(3-13-4)7(10)11/h1,3,7H,2H2,(H2,12,14). The van der Waals surface area contributed by atoms with Crippen molar-refractivity contribution in [3.63, 3.8) is 0 Å². The molecule has 0 unspecified atom stereocenters. The molecule has 14 heavy (non-hydrogen) atoms. The molecule has 1 aromatic rings. The molecule has 2 N–H and O–H groups in total. The maximum atomic E-state index is 12.4. The molecule has 6 heteroatoms. The SMILES string of the molecule is NC(=O)c1cc(CBr)ncc1C(F)F. The summed E-state index contributed by atoms with van der Waals surface area (Å²) < 4.78 is 24.7. The van der Waals surface area contributed by atoms with Gasteiger partial charge in [-0.2, -0.15) is 0 Å². The molecule has 0 atom stereocenters. The van der Waals surface area contributed by atoms with Gasteiger partial charge in [0, 0.05) is 17.1 Å². The van der Waals surface area contributed by atoms with Gasteiger partial charge in [-0.05, 0) is 6.07 Å². The zero-order valence-electron chi connectivity index (χ0n) is 7.01. The monoisotopic (exact) mass is 264 g/mol. The van der Waals surface area contributed by atoms with Crippen LogP contribution in [0, 0.1) is 0 Å². The number of aromatic nitrogens is 1. The smallest absolute Gasteiger partial charge is 0.266 e. The summed E-state index contributed by atoms with van der Waals surface area (Å²) in [4.78, 5) is 14.6. The van der Waals surface area contributed by atoms with E-state index in [4.69, 9.17) is 5.73 Å². The van der Waals surface area contributed by atoms with Gasteiger partial charge in [0.1, 0.15) is 0 Å². The van der Waals surface area contributed by atoms with E-state index in [1.54, 1.807) is 0 Å². The van der Waals surface area contributed by atoms with E-state index in [1.807, 2.05) is 0 Å². The van der Waals surface area contributed by atoms with Crippen molar-refractivity contribution in [2.24, 2.45) is 5.73 Å². The largest absolute Gasteiger partial charge is 0.366 e. The molecule has 0 aliphatic rings. The van der Waals surface area contributed by atoms with Gasteiger partial charge < -0.3 is 5.73 Å². The number of rotatable bonds is 3. The molecule has 0 radical (unpaired) electrons. The molecule has 1 aromatic heterocycles. The predicted octanol–water partition coefficient (Wildman–Crippen LogP) is 2.01. The normalized spacial score (nSPS) is 10.6. The Hall–Kier alpha value is -1.04. The number of nitrogens with two attached hydrogens (primary N) is 1. The van der Waals surface area contributed by atoms with E-state index in [0.29, 0.717) is 11.0 Å². The zero-order chi connectivity index (χ0) is 10.7. The molecular weight excluding hydrogens is 258 g/mol. The van der Waals surface area contributed by atoms with Gasteiger partial charge in [0.05, 0.1) is 11.3 Å². The third kappa shape index (κ3) is 2.25. The van der Waals surface area contributed by atoms with E-state index in [2.05, 4.69) is 20.9 Å². The molecule has 76 valence electrons. The molecule has 0 aromatic carbocycles. The average molecular weight is 265 g/mol. The van der Waals surface area contributed by atoms with E-state index in [1.165, 1.54) is 6.07 Å². The van der Waals surface area contributed by atoms with Gasteiger partial charge in [-0.1, -0.05) is 15.9 Å². The summed E-state index contributed by atoms with van der Waals surface area (Å²) in [5.41, 5.74) is 4.84. The van der Waals surface area contributed by atoms with Crippen molar-refractivity contribution < 1.29 is 13.6 Å². The predicted molar refractivity (Wildman–Crippen MR) is 50.3 cm³/mol. The van der Waals surface area contributed by atoms with Crippen LogP contribution in [0.5, 0.6) is 0 Å². The van der Waals surface area contributed by atoms with Gasteiger partial charge in [-0.15, -0.1) is 0 Å². The van der Waals surface area contributed by atoms with Crippen LogP contribution in [0.4, 0.5) is 8.78 Å². The number of hydrogen-bond acceptors (Lipinski definition) is 2. The van der Waals surface area contributed by atoms with Crippen molar-refractivity contribution in [3.05, 3.63) is 29.1 Å².